The van der Waals surface area contributed by atoms with E-state index in [1.165, 1.54) is 6.08 Å². The molecule has 0 amide bonds. The van der Waals surface area contributed by atoms with Crippen LogP contribution in [0.3, 0.4) is 0 Å². The predicted molar refractivity (Wildman–Crippen MR) is 86.4 cm³/mol. The van der Waals surface area contributed by atoms with Gasteiger partial charge in [-0.2, -0.15) is 21.6 Å². The summed E-state index contributed by atoms with van der Waals surface area (Å²) < 4.78 is 68.8. The van der Waals surface area contributed by atoms with Gasteiger partial charge in [-0.05, 0) is 56.0 Å². The van der Waals surface area contributed by atoms with Gasteiger partial charge in [0.1, 0.15) is 11.5 Å². The molecule has 1 aromatic carbocycles. The maximum Gasteiger partial charge on any atom is 0.534 e. The zero-order chi connectivity index (χ0) is 20.5. The predicted octanol–water partition coefficient (Wildman–Crippen LogP) is 1.83. The molecule has 7 nitrogen and oxygen atoms in total. The van der Waals surface area contributed by atoms with Crippen molar-refractivity contribution in [1.82, 2.24) is 0 Å². The van der Waals surface area contributed by atoms with Crippen molar-refractivity contribution in [3.05, 3.63) is 35.4 Å². The number of hydrogen-bond donors (Lipinski definition) is 2. The second kappa shape index (κ2) is 7.49. The van der Waals surface area contributed by atoms with E-state index in [0.717, 1.165) is 18.2 Å². The summed E-state index contributed by atoms with van der Waals surface area (Å²) in [5, 5.41) is 19.6. The second-order valence-electron chi connectivity index (χ2n) is 6.07. The largest absolute Gasteiger partial charge is 0.534 e. The molecule has 27 heavy (non-hydrogen) atoms. The number of fused-ring (bicyclic) bond motifs is 1. The Labute approximate surface area is 153 Å². The lowest BCUT2D eigenvalue weighted by Crippen LogP contribution is -2.44. The molecule has 0 bridgehead atoms. The number of halogens is 3. The number of allylic oxidation sites excluding steroid dienone is 1. The van der Waals surface area contributed by atoms with Crippen molar-refractivity contribution >= 4 is 16.1 Å². The Morgan fingerprint density at radius 1 is 1.30 bits per heavy atom. The molecule has 1 aliphatic rings. The average Bonchev–Trinajstić information content (AvgIpc) is 2.54. The maximum atomic E-state index is 12.5. The smallest absolute Gasteiger partial charge is 0.424 e. The fraction of sp³-hybridized carbons (Fsp3) is 0.438. The molecule has 0 spiro atoms. The van der Waals surface area contributed by atoms with Crippen LogP contribution < -0.4 is 8.92 Å². The quantitative estimate of drug-likeness (QED) is 0.257. The fourth-order valence-corrected chi connectivity index (χ4v) is 2.92. The number of aliphatic hydroxyl groups excluding tert-OH is 1. The highest BCUT2D eigenvalue weighted by atomic mass is 32.2. The van der Waals surface area contributed by atoms with Crippen molar-refractivity contribution in [2.24, 2.45) is 0 Å². The lowest BCUT2D eigenvalue weighted by Gasteiger charge is -2.23. The molecule has 0 saturated heterocycles. The minimum Gasteiger partial charge on any atom is -0.424 e. The first-order valence-electron chi connectivity index (χ1n) is 7.75. The van der Waals surface area contributed by atoms with Gasteiger partial charge < -0.3 is 19.1 Å². The number of carbonyl (C=O) groups excluding carboxylic acids is 1. The third kappa shape index (κ3) is 4.79. The summed E-state index contributed by atoms with van der Waals surface area (Å²) in [5.74, 6) is -1.86. The van der Waals surface area contributed by atoms with Crippen LogP contribution in [0.1, 0.15) is 25.3 Å². The molecule has 1 aliphatic heterocycles. The van der Waals surface area contributed by atoms with Gasteiger partial charge >= 0.3 is 21.6 Å². The van der Waals surface area contributed by atoms with Gasteiger partial charge in [0, 0.05) is 0 Å². The topological polar surface area (TPSA) is 110 Å². The highest BCUT2D eigenvalue weighted by Gasteiger charge is 2.48. The molecule has 0 aliphatic carbocycles. The molecule has 2 rings (SSSR count). The summed E-state index contributed by atoms with van der Waals surface area (Å²) in [6.07, 6.45) is 2.31. The highest BCUT2D eigenvalue weighted by molar-refractivity contribution is 7.88. The molecule has 1 atom stereocenters. The maximum absolute atomic E-state index is 12.5. The minimum absolute atomic E-state index is 0.0865. The van der Waals surface area contributed by atoms with Crippen molar-refractivity contribution < 1.29 is 45.5 Å². The van der Waals surface area contributed by atoms with E-state index in [2.05, 4.69) is 4.18 Å². The van der Waals surface area contributed by atoms with Gasteiger partial charge in [0.05, 0.1) is 6.61 Å². The van der Waals surface area contributed by atoms with E-state index < -0.39 is 39.6 Å². The number of hydrogen-bond acceptors (Lipinski definition) is 7. The monoisotopic (exact) mass is 410 g/mol. The summed E-state index contributed by atoms with van der Waals surface area (Å²) >= 11 is 0. The van der Waals surface area contributed by atoms with Crippen molar-refractivity contribution in [2.45, 2.75) is 37.3 Å². The molecule has 0 radical (unpaired) electrons. The second-order valence-corrected chi connectivity index (χ2v) is 7.61. The molecular weight excluding hydrogens is 393 g/mol. The summed E-state index contributed by atoms with van der Waals surface area (Å²) in [5.41, 5.74) is -7.04. The Hall–Kier alpha value is -2.11. The van der Waals surface area contributed by atoms with E-state index in [0.29, 0.717) is 18.4 Å². The molecular formula is C16H17F3O7S. The van der Waals surface area contributed by atoms with Crippen LogP contribution in [0.5, 0.6) is 11.5 Å². The van der Waals surface area contributed by atoms with Crippen LogP contribution in [0.15, 0.2) is 29.8 Å². The van der Waals surface area contributed by atoms with Gasteiger partial charge in [0.2, 0.25) is 5.60 Å². The lowest BCUT2D eigenvalue weighted by atomic mass is 9.97. The number of carbonyl (C=O) groups is 1. The van der Waals surface area contributed by atoms with Crippen molar-refractivity contribution in [1.29, 1.82) is 0 Å². The zero-order valence-corrected chi connectivity index (χ0v) is 14.9. The number of benzene rings is 1. The van der Waals surface area contributed by atoms with E-state index in [4.69, 9.17) is 4.74 Å². The Morgan fingerprint density at radius 2 is 1.96 bits per heavy atom. The summed E-state index contributed by atoms with van der Waals surface area (Å²) in [7, 11) is -5.84. The van der Waals surface area contributed by atoms with E-state index >= 15 is 0 Å². The van der Waals surface area contributed by atoms with Crippen LogP contribution in [0, 0.1) is 0 Å². The van der Waals surface area contributed by atoms with E-state index in [-0.39, 0.29) is 17.7 Å². The average molecular weight is 410 g/mol. The van der Waals surface area contributed by atoms with Crippen molar-refractivity contribution in [2.75, 3.05) is 6.61 Å². The number of rotatable bonds is 3. The number of ether oxygens (including phenoxy) is 1. The minimum atomic E-state index is -5.84. The van der Waals surface area contributed by atoms with Gasteiger partial charge in [-0.15, -0.1) is 0 Å². The molecule has 150 valence electrons. The van der Waals surface area contributed by atoms with Gasteiger partial charge in [-0.1, -0.05) is 5.57 Å². The summed E-state index contributed by atoms with van der Waals surface area (Å²) in [6, 6.07) is 2.97. The first-order chi connectivity index (χ1) is 12.4. The van der Waals surface area contributed by atoms with Crippen LogP contribution in [0.2, 0.25) is 0 Å². The number of alkyl halides is 3. The Balaban J connectivity index is 2.39. The molecule has 2 N–H and O–H groups in total. The number of aryl methyl sites for hydroxylation is 1. The van der Waals surface area contributed by atoms with Gasteiger partial charge in [0.15, 0.2) is 0 Å². The summed E-state index contributed by atoms with van der Waals surface area (Å²) in [6.45, 7) is 0.704. The van der Waals surface area contributed by atoms with E-state index in [1.807, 2.05) is 0 Å². The third-order valence-corrected chi connectivity index (χ3v) is 4.80. The van der Waals surface area contributed by atoms with Crippen LogP contribution in [-0.4, -0.2) is 42.3 Å². The Bertz CT molecular complexity index is 861. The van der Waals surface area contributed by atoms with Crippen molar-refractivity contribution in [3.63, 3.8) is 0 Å². The van der Waals surface area contributed by atoms with Gasteiger partial charge in [-0.25, -0.2) is 4.79 Å². The Morgan fingerprint density at radius 3 is 2.56 bits per heavy atom. The molecule has 0 saturated carbocycles. The molecule has 0 aromatic heterocycles. The zero-order valence-electron chi connectivity index (χ0n) is 14.1. The first-order valence-corrected chi connectivity index (χ1v) is 9.16. The first kappa shape index (κ1) is 21.2. The van der Waals surface area contributed by atoms with E-state index in [1.54, 1.807) is 6.92 Å². The fourth-order valence-electron chi connectivity index (χ4n) is 2.47. The van der Waals surface area contributed by atoms with Crippen LogP contribution >= 0.6 is 0 Å². The highest BCUT2D eigenvalue weighted by Crippen LogP contribution is 2.32. The molecule has 0 fully saturated rings. The number of esters is 1. The molecule has 1 aromatic rings. The normalized spacial score (nSPS) is 21.7. The third-order valence-electron chi connectivity index (χ3n) is 3.82. The van der Waals surface area contributed by atoms with Crippen LogP contribution in [0.25, 0.3) is 0 Å². The Kier molecular flexibility index (Phi) is 5.88. The SMILES string of the molecule is CC1=CC(O)(CO)C(=O)Oc2ccc(OS(=O)(=O)C(F)(F)F)cc2CCC1. The van der Waals surface area contributed by atoms with Gasteiger partial charge in [-0.3, -0.25) is 0 Å². The van der Waals surface area contributed by atoms with Crippen molar-refractivity contribution in [3.8, 4) is 11.5 Å². The number of aliphatic hydroxyl groups is 2. The standard InChI is InChI=1S/C16H17F3O7S/c1-10-3-2-4-11-7-12(26-27(23,24)16(17,18)19)5-6-13(11)25-14(21)15(22,8-10)9-20/h5-8,20,22H,2-4,9H2,1H3. The molecule has 11 heteroatoms. The molecule has 1 heterocycles. The van der Waals surface area contributed by atoms with E-state index in [9.17, 15) is 36.6 Å². The van der Waals surface area contributed by atoms with Crippen LogP contribution in [-0.2, 0) is 21.3 Å². The lowest BCUT2D eigenvalue weighted by molar-refractivity contribution is -0.153. The van der Waals surface area contributed by atoms with Crippen LogP contribution in [0.4, 0.5) is 13.2 Å². The summed E-state index contributed by atoms with van der Waals surface area (Å²) in [4.78, 5) is 12.2. The van der Waals surface area contributed by atoms with Gasteiger partial charge in [0.25, 0.3) is 0 Å². The molecule has 1 unspecified atom stereocenters.